The van der Waals surface area contributed by atoms with Crippen LogP contribution in [0.1, 0.15) is 50.2 Å². The summed E-state index contributed by atoms with van der Waals surface area (Å²) in [5.74, 6) is 0. The smallest absolute Gasteiger partial charge is 0.0432 e. The topological polar surface area (TPSA) is 39.1 Å². The van der Waals surface area contributed by atoms with E-state index in [2.05, 4.69) is 35.5 Å². The van der Waals surface area contributed by atoms with Crippen molar-refractivity contribution in [2.24, 2.45) is 0 Å². The molecule has 21 heavy (non-hydrogen) atoms. The van der Waals surface area contributed by atoms with Crippen LogP contribution in [-0.4, -0.2) is 37.3 Å². The molecule has 2 fully saturated rings. The van der Waals surface area contributed by atoms with Crippen molar-refractivity contribution < 1.29 is 0 Å². The fraction of sp³-hybridized carbons (Fsp3) is 0.611. The highest BCUT2D eigenvalue weighted by atomic mass is 15.2. The van der Waals surface area contributed by atoms with Crippen LogP contribution in [0.25, 0.3) is 0 Å². The van der Waals surface area contributed by atoms with Crippen LogP contribution < -0.4 is 5.32 Å². The Morgan fingerprint density at radius 2 is 2.14 bits per heavy atom. The number of anilines is 1. The molecule has 1 aliphatic heterocycles. The van der Waals surface area contributed by atoms with Crippen LogP contribution in [0.15, 0.2) is 18.2 Å². The number of nitrogens with one attached hydrogen (secondary N) is 2. The number of likely N-dealkylation sites (tertiary alicyclic amines) is 1. The molecular weight excluding hydrogens is 258 g/mol. The zero-order valence-corrected chi connectivity index (χ0v) is 13.5. The third-order valence-corrected chi connectivity index (χ3v) is 5.70. The van der Waals surface area contributed by atoms with Gasteiger partial charge >= 0.3 is 0 Å². The van der Waals surface area contributed by atoms with Crippen molar-refractivity contribution in [1.82, 2.24) is 4.90 Å². The van der Waals surface area contributed by atoms with Crippen molar-refractivity contribution in [1.29, 1.82) is 5.41 Å². The molecule has 1 saturated heterocycles. The van der Waals surface area contributed by atoms with Gasteiger partial charge in [0.25, 0.3) is 0 Å². The zero-order valence-electron chi connectivity index (χ0n) is 13.5. The molecule has 0 bridgehead atoms. The van der Waals surface area contributed by atoms with E-state index in [0.29, 0.717) is 17.2 Å². The number of likely N-dealkylation sites (N-methyl/N-ethyl adjacent to an activating group) is 1. The minimum Gasteiger partial charge on any atom is -0.388 e. The Hall–Kier alpha value is -1.35. The first kappa shape index (κ1) is 14.6. The van der Waals surface area contributed by atoms with Gasteiger partial charge in [0.15, 0.2) is 0 Å². The van der Waals surface area contributed by atoms with Crippen LogP contribution >= 0.6 is 0 Å². The summed E-state index contributed by atoms with van der Waals surface area (Å²) < 4.78 is 0. The monoisotopic (exact) mass is 285 g/mol. The summed E-state index contributed by atoms with van der Waals surface area (Å²) in [6.07, 6.45) is 6.64. The number of hydrogen-bond donors (Lipinski definition) is 2. The first-order valence-electron chi connectivity index (χ1n) is 8.16. The molecule has 2 N–H and O–H groups in total. The first-order chi connectivity index (χ1) is 10.1. The highest BCUT2D eigenvalue weighted by molar-refractivity contribution is 6.01. The Labute approximate surface area is 128 Å². The van der Waals surface area contributed by atoms with Gasteiger partial charge in [0, 0.05) is 35.5 Å². The molecule has 114 valence electrons. The summed E-state index contributed by atoms with van der Waals surface area (Å²) in [5.41, 5.74) is 4.58. The van der Waals surface area contributed by atoms with Crippen LogP contribution in [0, 0.1) is 5.41 Å². The van der Waals surface area contributed by atoms with Gasteiger partial charge in [0.2, 0.25) is 0 Å². The first-order valence-corrected chi connectivity index (χ1v) is 8.16. The van der Waals surface area contributed by atoms with E-state index < -0.39 is 0 Å². The molecule has 1 aromatic rings. The van der Waals surface area contributed by atoms with Gasteiger partial charge in [-0.05, 0) is 51.4 Å². The molecule has 3 heteroatoms. The quantitative estimate of drug-likeness (QED) is 0.832. The number of fused-ring (bicyclic) bond motifs is 1. The minimum atomic E-state index is 0.340. The fourth-order valence-corrected chi connectivity index (χ4v) is 4.56. The lowest BCUT2D eigenvalue weighted by Gasteiger charge is -2.42. The minimum absolute atomic E-state index is 0.340. The van der Waals surface area contributed by atoms with Crippen molar-refractivity contribution in [2.75, 3.05) is 26.0 Å². The Bertz CT molecular complexity index is 547. The van der Waals surface area contributed by atoms with E-state index in [-0.39, 0.29) is 0 Å². The van der Waals surface area contributed by atoms with Crippen LogP contribution in [0.2, 0.25) is 0 Å². The molecule has 3 nitrogen and oxygen atoms in total. The van der Waals surface area contributed by atoms with E-state index in [0.717, 1.165) is 11.3 Å². The number of hydrogen-bond acceptors (Lipinski definition) is 3. The van der Waals surface area contributed by atoms with Crippen LogP contribution in [0.5, 0.6) is 0 Å². The van der Waals surface area contributed by atoms with E-state index in [9.17, 15) is 0 Å². The van der Waals surface area contributed by atoms with Gasteiger partial charge in [-0.15, -0.1) is 0 Å². The lowest BCUT2D eigenvalue weighted by molar-refractivity contribution is 0.182. The molecule has 2 aliphatic rings. The van der Waals surface area contributed by atoms with Crippen molar-refractivity contribution in [2.45, 2.75) is 50.5 Å². The highest BCUT2D eigenvalue weighted by Crippen LogP contribution is 2.48. The summed E-state index contributed by atoms with van der Waals surface area (Å²) in [5, 5.41) is 11.2. The van der Waals surface area contributed by atoms with E-state index in [1.54, 1.807) is 0 Å². The normalized spacial score (nSPS) is 29.2. The summed E-state index contributed by atoms with van der Waals surface area (Å²) >= 11 is 0. The lowest BCUT2D eigenvalue weighted by Crippen LogP contribution is -2.43. The molecule has 2 atom stereocenters. The van der Waals surface area contributed by atoms with Gasteiger partial charge in [0.1, 0.15) is 0 Å². The van der Waals surface area contributed by atoms with Crippen LogP contribution in [0.3, 0.4) is 0 Å². The van der Waals surface area contributed by atoms with Crippen LogP contribution in [-0.2, 0) is 5.41 Å². The van der Waals surface area contributed by atoms with Gasteiger partial charge in [0.05, 0.1) is 0 Å². The summed E-state index contributed by atoms with van der Waals surface area (Å²) in [6, 6.07) is 7.43. The molecule has 0 spiro atoms. The van der Waals surface area contributed by atoms with E-state index >= 15 is 0 Å². The number of nitrogens with zero attached hydrogens (tertiary/aromatic N) is 1. The molecule has 0 radical (unpaired) electrons. The van der Waals surface area contributed by atoms with Gasteiger partial charge in [-0.3, -0.25) is 0 Å². The Morgan fingerprint density at radius 1 is 1.33 bits per heavy atom. The maximum atomic E-state index is 7.92. The largest absolute Gasteiger partial charge is 0.388 e. The van der Waals surface area contributed by atoms with E-state index in [1.165, 1.54) is 44.2 Å². The van der Waals surface area contributed by atoms with Crippen molar-refractivity contribution in [3.8, 4) is 0 Å². The molecule has 0 amide bonds. The Balaban J connectivity index is 2.04. The molecular formula is C18H27N3. The number of rotatable bonds is 3. The number of benzene rings is 1. The predicted molar refractivity (Wildman–Crippen MR) is 89.7 cm³/mol. The maximum absolute atomic E-state index is 7.92. The van der Waals surface area contributed by atoms with Gasteiger partial charge in [-0.25, -0.2) is 0 Å². The summed E-state index contributed by atoms with van der Waals surface area (Å²) in [6.45, 7) is 3.08. The van der Waals surface area contributed by atoms with Crippen molar-refractivity contribution in [3.05, 3.63) is 29.3 Å². The second kappa shape index (κ2) is 5.45. The highest BCUT2D eigenvalue weighted by Gasteiger charge is 2.48. The van der Waals surface area contributed by atoms with E-state index in [4.69, 9.17) is 5.41 Å². The second-order valence-electron chi connectivity index (χ2n) is 6.78. The maximum Gasteiger partial charge on any atom is 0.0432 e. The molecule has 1 aromatic carbocycles. The molecule has 1 saturated carbocycles. The van der Waals surface area contributed by atoms with Crippen molar-refractivity contribution >= 4 is 11.4 Å². The zero-order chi connectivity index (χ0) is 15.0. The standard InChI is InChI=1S/C18H27N3/c1-13(19)15-8-7-14(12-16(15)20-2)18-9-5-4-6-17(18)21(3)11-10-18/h7-8,12,17,19-20H,4-6,9-11H2,1-3H3. The predicted octanol–water partition coefficient (Wildman–Crippen LogP) is 3.63. The molecule has 3 rings (SSSR count). The van der Waals surface area contributed by atoms with Gasteiger partial charge < -0.3 is 15.6 Å². The fourth-order valence-electron chi connectivity index (χ4n) is 4.56. The van der Waals surface area contributed by atoms with Gasteiger partial charge in [-0.1, -0.05) is 25.0 Å². The summed E-state index contributed by atoms with van der Waals surface area (Å²) in [7, 11) is 4.25. The second-order valence-corrected chi connectivity index (χ2v) is 6.78. The average molecular weight is 285 g/mol. The Morgan fingerprint density at radius 3 is 2.86 bits per heavy atom. The summed E-state index contributed by atoms with van der Waals surface area (Å²) in [4.78, 5) is 2.56. The van der Waals surface area contributed by atoms with Crippen LogP contribution in [0.4, 0.5) is 5.69 Å². The third-order valence-electron chi connectivity index (χ3n) is 5.70. The molecule has 1 aliphatic carbocycles. The molecule has 0 aromatic heterocycles. The Kier molecular flexibility index (Phi) is 3.78. The van der Waals surface area contributed by atoms with E-state index in [1.807, 2.05) is 14.0 Å². The van der Waals surface area contributed by atoms with Gasteiger partial charge in [-0.2, -0.15) is 0 Å². The lowest BCUT2D eigenvalue weighted by atomic mass is 9.66. The van der Waals surface area contributed by atoms with Crippen molar-refractivity contribution in [3.63, 3.8) is 0 Å². The molecule has 1 heterocycles. The third kappa shape index (κ3) is 2.28. The SMILES string of the molecule is CNc1cc(C23CCCCC2N(C)CC3)ccc1C(C)=N. The average Bonchev–Trinajstić information content (AvgIpc) is 2.85. The molecule has 2 unspecified atom stereocenters.